The maximum atomic E-state index is 11.7. The van der Waals surface area contributed by atoms with E-state index < -0.39 is 17.9 Å². The Kier molecular flexibility index (Phi) is 4.56. The molecule has 0 aliphatic heterocycles. The molecule has 0 aromatic carbocycles. The van der Waals surface area contributed by atoms with Crippen LogP contribution in [0.5, 0.6) is 0 Å². The molecule has 0 saturated carbocycles. The van der Waals surface area contributed by atoms with Crippen molar-refractivity contribution in [2.75, 3.05) is 0 Å². The molecule has 0 spiro atoms. The van der Waals surface area contributed by atoms with Crippen LogP contribution in [-0.2, 0) is 4.79 Å². The Balaban J connectivity index is 2.68. The second kappa shape index (κ2) is 5.93. The summed E-state index contributed by atoms with van der Waals surface area (Å²) < 4.78 is 0. The second-order valence-corrected chi connectivity index (χ2v) is 4.12. The van der Waals surface area contributed by atoms with Crippen LogP contribution in [0.3, 0.4) is 0 Å². The van der Waals surface area contributed by atoms with Crippen LogP contribution in [-0.4, -0.2) is 33.0 Å². The minimum Gasteiger partial charge on any atom is -0.480 e. The molecule has 0 radical (unpaired) electrons. The number of carboxylic acid groups (broad SMARTS) is 1. The predicted octanol–water partition coefficient (Wildman–Crippen LogP) is 0.706. The Labute approximate surface area is 99.1 Å². The smallest absolute Gasteiger partial charge is 0.326 e. The fourth-order valence-electron chi connectivity index (χ4n) is 1.35. The van der Waals surface area contributed by atoms with Gasteiger partial charge >= 0.3 is 5.97 Å². The monoisotopic (exact) mass is 237 g/mol. The van der Waals surface area contributed by atoms with Gasteiger partial charge in [0.15, 0.2) is 0 Å². The summed E-state index contributed by atoms with van der Waals surface area (Å²) in [6.45, 7) is 3.79. The molecule has 1 heterocycles. The number of aromatic nitrogens is 2. The maximum absolute atomic E-state index is 11.7. The van der Waals surface area contributed by atoms with Crippen LogP contribution in [0.15, 0.2) is 18.7 Å². The van der Waals surface area contributed by atoms with Crippen molar-refractivity contribution in [1.29, 1.82) is 0 Å². The third kappa shape index (κ3) is 4.18. The fraction of sp³-hybridized carbons (Fsp3) is 0.455. The predicted molar refractivity (Wildman–Crippen MR) is 60.4 cm³/mol. The third-order valence-corrected chi connectivity index (χ3v) is 2.13. The van der Waals surface area contributed by atoms with Gasteiger partial charge in [-0.05, 0) is 12.3 Å². The molecule has 6 heteroatoms. The van der Waals surface area contributed by atoms with Crippen molar-refractivity contribution in [1.82, 2.24) is 15.3 Å². The van der Waals surface area contributed by atoms with Crippen molar-refractivity contribution in [3.63, 3.8) is 0 Å². The normalized spacial score (nSPS) is 12.2. The van der Waals surface area contributed by atoms with Gasteiger partial charge in [0.25, 0.3) is 5.91 Å². The van der Waals surface area contributed by atoms with Crippen molar-refractivity contribution in [2.45, 2.75) is 26.3 Å². The lowest BCUT2D eigenvalue weighted by Crippen LogP contribution is -2.41. The van der Waals surface area contributed by atoms with Gasteiger partial charge in [0.05, 0.1) is 5.56 Å². The van der Waals surface area contributed by atoms with E-state index in [0.29, 0.717) is 6.42 Å². The Morgan fingerprint density at radius 1 is 1.35 bits per heavy atom. The number of carbonyl (C=O) groups is 2. The zero-order valence-electron chi connectivity index (χ0n) is 9.75. The van der Waals surface area contributed by atoms with E-state index >= 15 is 0 Å². The molecule has 0 aliphatic carbocycles. The fourth-order valence-corrected chi connectivity index (χ4v) is 1.35. The molecule has 1 rings (SSSR count). The lowest BCUT2D eigenvalue weighted by Gasteiger charge is -2.16. The minimum absolute atomic E-state index is 0.184. The zero-order chi connectivity index (χ0) is 12.8. The first kappa shape index (κ1) is 13.1. The number of nitrogens with zero attached hydrogens (tertiary/aromatic N) is 2. The van der Waals surface area contributed by atoms with Crippen LogP contribution < -0.4 is 5.32 Å². The van der Waals surface area contributed by atoms with Gasteiger partial charge in [-0.25, -0.2) is 14.8 Å². The van der Waals surface area contributed by atoms with E-state index in [4.69, 9.17) is 5.11 Å². The molecule has 1 amide bonds. The van der Waals surface area contributed by atoms with Gasteiger partial charge in [-0.2, -0.15) is 0 Å². The number of aliphatic carboxylic acids is 1. The number of hydrogen-bond donors (Lipinski definition) is 2. The summed E-state index contributed by atoms with van der Waals surface area (Å²) in [7, 11) is 0. The van der Waals surface area contributed by atoms with E-state index in [1.807, 2.05) is 13.8 Å². The minimum atomic E-state index is -1.04. The van der Waals surface area contributed by atoms with Gasteiger partial charge in [-0.3, -0.25) is 4.79 Å². The number of carbonyl (C=O) groups excluding carboxylic acids is 1. The molecule has 0 bridgehead atoms. The van der Waals surface area contributed by atoms with E-state index in [-0.39, 0.29) is 11.5 Å². The van der Waals surface area contributed by atoms with Crippen molar-refractivity contribution < 1.29 is 14.7 Å². The summed E-state index contributed by atoms with van der Waals surface area (Å²) in [5, 5.41) is 11.4. The largest absolute Gasteiger partial charge is 0.480 e. The number of amides is 1. The van der Waals surface area contributed by atoms with Crippen LogP contribution in [0.2, 0.25) is 0 Å². The molecule has 1 aromatic rings. The van der Waals surface area contributed by atoms with E-state index in [1.54, 1.807) is 0 Å². The molecule has 0 saturated heterocycles. The Morgan fingerprint density at radius 2 is 1.94 bits per heavy atom. The molecule has 6 nitrogen and oxygen atoms in total. The molecule has 0 aliphatic rings. The van der Waals surface area contributed by atoms with Gasteiger partial charge in [-0.15, -0.1) is 0 Å². The van der Waals surface area contributed by atoms with Gasteiger partial charge in [0.1, 0.15) is 12.4 Å². The third-order valence-electron chi connectivity index (χ3n) is 2.13. The standard InChI is InChI=1S/C11H15N3O3/c1-7(2)3-9(11(16)17)14-10(15)8-4-12-6-13-5-8/h4-7,9H,3H2,1-2H3,(H,14,15)(H,16,17)/t9-/m0/s1. The number of rotatable bonds is 5. The Bertz CT molecular complexity index is 392. The summed E-state index contributed by atoms with van der Waals surface area (Å²) in [6.07, 6.45) is 4.38. The lowest BCUT2D eigenvalue weighted by molar-refractivity contribution is -0.139. The van der Waals surface area contributed by atoms with Gasteiger partial charge in [0.2, 0.25) is 0 Å². The summed E-state index contributed by atoms with van der Waals surface area (Å²) in [5.41, 5.74) is 0.252. The van der Waals surface area contributed by atoms with Crippen LogP contribution in [0.4, 0.5) is 0 Å². The average molecular weight is 237 g/mol. The number of nitrogens with one attached hydrogen (secondary N) is 1. The van der Waals surface area contributed by atoms with E-state index in [2.05, 4.69) is 15.3 Å². The van der Waals surface area contributed by atoms with Crippen LogP contribution in [0.1, 0.15) is 30.6 Å². The van der Waals surface area contributed by atoms with Crippen molar-refractivity contribution in [3.8, 4) is 0 Å². The highest BCUT2D eigenvalue weighted by atomic mass is 16.4. The first-order valence-electron chi connectivity index (χ1n) is 5.29. The molecular formula is C11H15N3O3. The van der Waals surface area contributed by atoms with E-state index in [9.17, 15) is 9.59 Å². The van der Waals surface area contributed by atoms with Gasteiger partial charge in [0, 0.05) is 12.4 Å². The highest BCUT2D eigenvalue weighted by Crippen LogP contribution is 2.06. The highest BCUT2D eigenvalue weighted by Gasteiger charge is 2.21. The summed E-state index contributed by atoms with van der Waals surface area (Å²) in [5.74, 6) is -1.33. The van der Waals surface area contributed by atoms with Gasteiger partial charge < -0.3 is 10.4 Å². The SMILES string of the molecule is CC(C)C[C@H](NC(=O)c1cncnc1)C(=O)O. The quantitative estimate of drug-likeness (QED) is 0.786. The number of hydrogen-bond acceptors (Lipinski definition) is 4. The molecule has 1 aromatic heterocycles. The number of carboxylic acids is 1. The summed E-state index contributed by atoms with van der Waals surface area (Å²) in [4.78, 5) is 30.0. The van der Waals surface area contributed by atoms with Crippen molar-refractivity contribution >= 4 is 11.9 Å². The molecular weight excluding hydrogens is 222 g/mol. The molecule has 1 atom stereocenters. The highest BCUT2D eigenvalue weighted by molar-refractivity contribution is 5.96. The van der Waals surface area contributed by atoms with Crippen LogP contribution >= 0.6 is 0 Å². The Morgan fingerprint density at radius 3 is 2.41 bits per heavy atom. The average Bonchev–Trinajstić information content (AvgIpc) is 2.28. The van der Waals surface area contributed by atoms with Crippen molar-refractivity contribution in [3.05, 3.63) is 24.3 Å². The first-order chi connectivity index (χ1) is 8.00. The molecule has 0 unspecified atom stereocenters. The zero-order valence-corrected chi connectivity index (χ0v) is 9.75. The first-order valence-corrected chi connectivity index (χ1v) is 5.29. The van der Waals surface area contributed by atoms with Crippen LogP contribution in [0, 0.1) is 5.92 Å². The topological polar surface area (TPSA) is 92.2 Å². The van der Waals surface area contributed by atoms with Crippen molar-refractivity contribution in [2.24, 2.45) is 5.92 Å². The maximum Gasteiger partial charge on any atom is 0.326 e. The summed E-state index contributed by atoms with van der Waals surface area (Å²) >= 11 is 0. The lowest BCUT2D eigenvalue weighted by atomic mass is 10.0. The van der Waals surface area contributed by atoms with Gasteiger partial charge in [-0.1, -0.05) is 13.8 Å². The Hall–Kier alpha value is -1.98. The van der Waals surface area contributed by atoms with E-state index in [0.717, 1.165) is 0 Å². The molecule has 2 N–H and O–H groups in total. The molecule has 92 valence electrons. The van der Waals surface area contributed by atoms with E-state index in [1.165, 1.54) is 18.7 Å². The molecule has 17 heavy (non-hydrogen) atoms. The second-order valence-electron chi connectivity index (χ2n) is 4.12. The summed E-state index contributed by atoms with van der Waals surface area (Å²) in [6, 6.07) is -0.886. The molecule has 0 fully saturated rings. The van der Waals surface area contributed by atoms with Crippen LogP contribution in [0.25, 0.3) is 0 Å².